The monoisotopic (exact) mass is 341 g/mol. The highest BCUT2D eigenvalue weighted by molar-refractivity contribution is 7.89. The molecule has 0 amide bonds. The molecule has 0 aliphatic carbocycles. The maximum atomic E-state index is 13.8. The first-order valence-electron chi connectivity index (χ1n) is 6.85. The zero-order valence-electron chi connectivity index (χ0n) is 13.0. The second-order valence-electron chi connectivity index (χ2n) is 5.01. The van der Waals surface area contributed by atoms with Crippen molar-refractivity contribution in [3.8, 4) is 5.75 Å². The van der Waals surface area contributed by atoms with Crippen LogP contribution < -0.4 is 4.74 Å². The van der Waals surface area contributed by atoms with Crippen LogP contribution in [-0.4, -0.2) is 26.9 Å². The number of rotatable bonds is 5. The molecule has 0 bridgehead atoms. The van der Waals surface area contributed by atoms with Crippen molar-refractivity contribution in [1.29, 1.82) is 0 Å². The molecule has 7 heteroatoms. The summed E-state index contributed by atoms with van der Waals surface area (Å²) in [5, 5.41) is 0. The van der Waals surface area contributed by atoms with Crippen LogP contribution in [-0.2, 0) is 10.0 Å². The van der Waals surface area contributed by atoms with Crippen LogP contribution in [0, 0.1) is 11.6 Å². The Kier molecular flexibility index (Phi) is 5.01. The molecule has 4 nitrogen and oxygen atoms in total. The fourth-order valence-electron chi connectivity index (χ4n) is 2.25. The van der Waals surface area contributed by atoms with Gasteiger partial charge in [0.25, 0.3) is 0 Å². The SMILES string of the molecule is COc1ccccc1[C@H](C)N(C)S(=O)(=O)c1cc(F)ccc1F. The third-order valence-electron chi connectivity index (χ3n) is 3.68. The van der Waals surface area contributed by atoms with E-state index in [1.54, 1.807) is 31.2 Å². The molecule has 124 valence electrons. The number of hydrogen-bond acceptors (Lipinski definition) is 3. The van der Waals surface area contributed by atoms with Crippen molar-refractivity contribution in [3.05, 3.63) is 59.7 Å². The van der Waals surface area contributed by atoms with Gasteiger partial charge < -0.3 is 4.74 Å². The Hall–Kier alpha value is -1.99. The van der Waals surface area contributed by atoms with Crippen molar-refractivity contribution in [1.82, 2.24) is 4.31 Å². The molecule has 0 unspecified atom stereocenters. The van der Waals surface area contributed by atoms with Crippen LogP contribution in [0.2, 0.25) is 0 Å². The van der Waals surface area contributed by atoms with Gasteiger partial charge in [0.15, 0.2) is 0 Å². The zero-order chi connectivity index (χ0) is 17.2. The van der Waals surface area contributed by atoms with E-state index < -0.39 is 32.6 Å². The van der Waals surface area contributed by atoms with Crippen LogP contribution in [0.3, 0.4) is 0 Å². The average molecular weight is 341 g/mol. The molecule has 0 aliphatic rings. The van der Waals surface area contributed by atoms with Crippen molar-refractivity contribution in [2.24, 2.45) is 0 Å². The van der Waals surface area contributed by atoms with Crippen LogP contribution in [0.1, 0.15) is 18.5 Å². The number of para-hydroxylation sites is 1. The average Bonchev–Trinajstić information content (AvgIpc) is 2.55. The van der Waals surface area contributed by atoms with E-state index in [-0.39, 0.29) is 0 Å². The number of benzene rings is 2. The van der Waals surface area contributed by atoms with Gasteiger partial charge in [0.1, 0.15) is 22.3 Å². The van der Waals surface area contributed by atoms with E-state index in [0.717, 1.165) is 16.4 Å². The molecular weight excluding hydrogens is 324 g/mol. The minimum atomic E-state index is -4.20. The highest BCUT2D eigenvalue weighted by atomic mass is 32.2. The van der Waals surface area contributed by atoms with Gasteiger partial charge in [0.05, 0.1) is 13.2 Å². The lowest BCUT2D eigenvalue weighted by atomic mass is 10.1. The largest absolute Gasteiger partial charge is 0.496 e. The van der Waals surface area contributed by atoms with E-state index in [9.17, 15) is 17.2 Å². The lowest BCUT2D eigenvalue weighted by Crippen LogP contribution is -2.30. The molecule has 0 aliphatic heterocycles. The van der Waals surface area contributed by atoms with Crippen LogP contribution in [0.25, 0.3) is 0 Å². The minimum absolute atomic E-state index is 0.516. The van der Waals surface area contributed by atoms with Crippen molar-refractivity contribution >= 4 is 10.0 Å². The molecule has 0 heterocycles. The summed E-state index contributed by atoms with van der Waals surface area (Å²) in [6, 6.07) is 8.65. The summed E-state index contributed by atoms with van der Waals surface area (Å²) < 4.78 is 58.6. The molecule has 0 radical (unpaired) electrons. The first-order valence-corrected chi connectivity index (χ1v) is 8.29. The summed E-state index contributed by atoms with van der Waals surface area (Å²) in [5.41, 5.74) is 0.623. The zero-order valence-corrected chi connectivity index (χ0v) is 13.8. The van der Waals surface area contributed by atoms with Gasteiger partial charge in [-0.15, -0.1) is 0 Å². The van der Waals surface area contributed by atoms with Gasteiger partial charge in [-0.1, -0.05) is 18.2 Å². The predicted molar refractivity (Wildman–Crippen MR) is 82.7 cm³/mol. The van der Waals surface area contributed by atoms with Crippen LogP contribution in [0.4, 0.5) is 8.78 Å². The number of ether oxygens (including phenoxy) is 1. The van der Waals surface area contributed by atoms with Crippen molar-refractivity contribution < 1.29 is 21.9 Å². The van der Waals surface area contributed by atoms with Crippen molar-refractivity contribution in [2.75, 3.05) is 14.2 Å². The first kappa shape index (κ1) is 17.4. The summed E-state index contributed by atoms with van der Waals surface area (Å²) in [5.74, 6) is -1.30. The van der Waals surface area contributed by atoms with Crippen molar-refractivity contribution in [2.45, 2.75) is 17.9 Å². The molecule has 0 saturated heterocycles. The third-order valence-corrected chi connectivity index (χ3v) is 5.63. The molecule has 0 saturated carbocycles. The molecule has 0 fully saturated rings. The van der Waals surface area contributed by atoms with Crippen LogP contribution in [0.15, 0.2) is 47.4 Å². The standard InChI is InChI=1S/C16H17F2NO3S/c1-11(13-6-4-5-7-15(13)22-3)19(2)23(20,21)16-10-12(17)8-9-14(16)18/h4-11H,1-3H3/t11-/m0/s1. The topological polar surface area (TPSA) is 46.6 Å². The molecule has 0 spiro atoms. The van der Waals surface area contributed by atoms with Gasteiger partial charge in [-0.2, -0.15) is 4.31 Å². The second kappa shape index (κ2) is 6.64. The number of hydrogen-bond donors (Lipinski definition) is 0. The van der Waals surface area contributed by atoms with Gasteiger partial charge >= 0.3 is 0 Å². The molecular formula is C16H17F2NO3S. The summed E-state index contributed by atoms with van der Waals surface area (Å²) in [4.78, 5) is -0.693. The Morgan fingerprint density at radius 3 is 2.43 bits per heavy atom. The van der Waals surface area contributed by atoms with Crippen LogP contribution in [0.5, 0.6) is 5.75 Å². The number of nitrogens with zero attached hydrogens (tertiary/aromatic N) is 1. The number of methoxy groups -OCH3 is 1. The third kappa shape index (κ3) is 3.35. The molecule has 2 aromatic carbocycles. The Morgan fingerprint density at radius 1 is 1.13 bits per heavy atom. The Bertz CT molecular complexity index is 809. The molecule has 23 heavy (non-hydrogen) atoms. The van der Waals surface area contributed by atoms with Gasteiger partial charge in [0.2, 0.25) is 10.0 Å². The summed E-state index contributed by atoms with van der Waals surface area (Å²) in [7, 11) is -1.41. The first-order chi connectivity index (χ1) is 10.8. The highest BCUT2D eigenvalue weighted by Crippen LogP contribution is 2.32. The van der Waals surface area contributed by atoms with E-state index in [1.165, 1.54) is 14.2 Å². The second-order valence-corrected chi connectivity index (χ2v) is 6.98. The Morgan fingerprint density at radius 2 is 1.78 bits per heavy atom. The summed E-state index contributed by atoms with van der Waals surface area (Å²) >= 11 is 0. The highest BCUT2D eigenvalue weighted by Gasteiger charge is 2.30. The Balaban J connectivity index is 2.45. The molecule has 0 aromatic heterocycles. The summed E-state index contributed by atoms with van der Waals surface area (Å²) in [6.07, 6.45) is 0. The number of sulfonamides is 1. The van der Waals surface area contributed by atoms with Gasteiger partial charge in [-0.05, 0) is 31.2 Å². The maximum absolute atomic E-state index is 13.8. The molecule has 1 atom stereocenters. The van der Waals surface area contributed by atoms with E-state index in [4.69, 9.17) is 4.74 Å². The van der Waals surface area contributed by atoms with E-state index >= 15 is 0 Å². The lowest BCUT2D eigenvalue weighted by molar-refractivity contribution is 0.365. The maximum Gasteiger partial charge on any atom is 0.246 e. The minimum Gasteiger partial charge on any atom is -0.496 e. The van der Waals surface area contributed by atoms with E-state index in [2.05, 4.69) is 0 Å². The van der Waals surface area contributed by atoms with Crippen molar-refractivity contribution in [3.63, 3.8) is 0 Å². The van der Waals surface area contributed by atoms with Crippen LogP contribution >= 0.6 is 0 Å². The van der Waals surface area contributed by atoms with E-state index in [0.29, 0.717) is 17.4 Å². The predicted octanol–water partition coefficient (Wildman–Crippen LogP) is 3.36. The lowest BCUT2D eigenvalue weighted by Gasteiger charge is -2.26. The number of halogens is 2. The fourth-order valence-corrected chi connectivity index (χ4v) is 3.66. The quantitative estimate of drug-likeness (QED) is 0.838. The molecule has 0 N–H and O–H groups in total. The smallest absolute Gasteiger partial charge is 0.246 e. The van der Waals surface area contributed by atoms with Gasteiger partial charge in [0, 0.05) is 12.6 Å². The molecule has 2 rings (SSSR count). The Labute approximate surface area is 134 Å². The fraction of sp³-hybridized carbons (Fsp3) is 0.250. The normalized spacial score (nSPS) is 13.1. The van der Waals surface area contributed by atoms with Gasteiger partial charge in [-0.25, -0.2) is 17.2 Å². The van der Waals surface area contributed by atoms with Gasteiger partial charge in [-0.3, -0.25) is 0 Å². The van der Waals surface area contributed by atoms with E-state index in [1.807, 2.05) is 0 Å². The summed E-state index contributed by atoms with van der Waals surface area (Å²) in [6.45, 7) is 1.65. The molecule has 2 aromatic rings.